The molecule has 0 aromatic carbocycles. The Morgan fingerprint density at radius 2 is 2.32 bits per heavy atom. The van der Waals surface area contributed by atoms with Crippen LogP contribution in [0.25, 0.3) is 0 Å². The number of esters is 1. The van der Waals surface area contributed by atoms with E-state index in [0.717, 1.165) is 12.8 Å². The van der Waals surface area contributed by atoms with Gasteiger partial charge in [0.2, 0.25) is 0 Å². The van der Waals surface area contributed by atoms with Gasteiger partial charge in [-0.25, -0.2) is 19.2 Å². The standard InChI is InChI=1S/C13H18FN3O2/c1-3-9-11(14)12(16-8-15-9)17-7-5-4-6-10(17)13(18)19-2/h8,10H,3-7H2,1-2H3. The van der Waals surface area contributed by atoms with Gasteiger partial charge < -0.3 is 9.64 Å². The number of anilines is 1. The summed E-state index contributed by atoms with van der Waals surface area (Å²) in [6.45, 7) is 2.44. The third-order valence-corrected chi connectivity index (χ3v) is 3.43. The van der Waals surface area contributed by atoms with Crippen LogP contribution in [0.4, 0.5) is 10.2 Å². The van der Waals surface area contributed by atoms with Gasteiger partial charge in [0.25, 0.3) is 0 Å². The summed E-state index contributed by atoms with van der Waals surface area (Å²) in [5, 5.41) is 0. The Balaban J connectivity index is 2.35. The van der Waals surface area contributed by atoms with Crippen LogP contribution in [0.5, 0.6) is 0 Å². The van der Waals surface area contributed by atoms with E-state index in [1.54, 1.807) is 4.90 Å². The van der Waals surface area contributed by atoms with Gasteiger partial charge in [0.05, 0.1) is 12.8 Å². The summed E-state index contributed by atoms with van der Waals surface area (Å²) in [6.07, 6.45) is 4.36. The van der Waals surface area contributed by atoms with Crippen LogP contribution in [-0.2, 0) is 16.0 Å². The van der Waals surface area contributed by atoms with Crippen molar-refractivity contribution in [1.29, 1.82) is 0 Å². The van der Waals surface area contributed by atoms with E-state index in [1.807, 2.05) is 6.92 Å². The maximum absolute atomic E-state index is 14.3. The summed E-state index contributed by atoms with van der Waals surface area (Å²) in [7, 11) is 1.35. The number of hydrogen-bond donors (Lipinski definition) is 0. The fourth-order valence-corrected chi connectivity index (χ4v) is 2.41. The molecule has 2 rings (SSSR count). The normalized spacial score (nSPS) is 19.3. The van der Waals surface area contributed by atoms with Crippen molar-refractivity contribution in [2.75, 3.05) is 18.6 Å². The molecule has 0 bridgehead atoms. The predicted octanol–water partition coefficient (Wildman–Crippen LogP) is 1.71. The molecule has 1 aromatic heterocycles. The van der Waals surface area contributed by atoms with E-state index in [0.29, 0.717) is 25.1 Å². The third-order valence-electron chi connectivity index (χ3n) is 3.43. The van der Waals surface area contributed by atoms with Crippen LogP contribution in [0.15, 0.2) is 6.33 Å². The molecule has 2 heterocycles. The fraction of sp³-hybridized carbons (Fsp3) is 0.615. The molecule has 6 heteroatoms. The van der Waals surface area contributed by atoms with Crippen LogP contribution >= 0.6 is 0 Å². The molecule has 0 radical (unpaired) electrons. The van der Waals surface area contributed by atoms with E-state index in [4.69, 9.17) is 4.74 Å². The van der Waals surface area contributed by atoms with Crippen molar-refractivity contribution in [1.82, 2.24) is 9.97 Å². The number of piperidine rings is 1. The number of nitrogens with zero attached hydrogens (tertiary/aromatic N) is 3. The number of carbonyl (C=O) groups excluding carboxylic acids is 1. The number of aromatic nitrogens is 2. The average molecular weight is 267 g/mol. The monoisotopic (exact) mass is 267 g/mol. The lowest BCUT2D eigenvalue weighted by atomic mass is 10.0. The number of ether oxygens (including phenoxy) is 1. The van der Waals surface area contributed by atoms with Crippen LogP contribution in [-0.4, -0.2) is 35.6 Å². The summed E-state index contributed by atoms with van der Waals surface area (Å²) in [5.41, 5.74) is 0.374. The van der Waals surface area contributed by atoms with Gasteiger partial charge in [-0.3, -0.25) is 0 Å². The lowest BCUT2D eigenvalue weighted by Crippen LogP contribution is -2.46. The molecule has 0 saturated carbocycles. The zero-order valence-corrected chi connectivity index (χ0v) is 11.2. The number of aryl methyl sites for hydroxylation is 1. The van der Waals surface area contributed by atoms with Crippen molar-refractivity contribution in [3.05, 3.63) is 17.8 Å². The Labute approximate surface area is 111 Å². The van der Waals surface area contributed by atoms with Crippen molar-refractivity contribution in [2.45, 2.75) is 38.6 Å². The molecule has 1 saturated heterocycles. The largest absolute Gasteiger partial charge is 0.467 e. The van der Waals surface area contributed by atoms with E-state index in [-0.39, 0.29) is 11.8 Å². The Kier molecular flexibility index (Phi) is 4.29. The van der Waals surface area contributed by atoms with E-state index in [2.05, 4.69) is 9.97 Å². The van der Waals surface area contributed by atoms with Gasteiger partial charge in [-0.2, -0.15) is 0 Å². The Morgan fingerprint density at radius 3 is 3.00 bits per heavy atom. The van der Waals surface area contributed by atoms with Crippen molar-refractivity contribution in [3.63, 3.8) is 0 Å². The van der Waals surface area contributed by atoms with Gasteiger partial charge in [-0.15, -0.1) is 0 Å². The second-order valence-corrected chi connectivity index (χ2v) is 4.54. The highest BCUT2D eigenvalue weighted by Gasteiger charge is 2.32. The number of carbonyl (C=O) groups is 1. The minimum Gasteiger partial charge on any atom is -0.467 e. The highest BCUT2D eigenvalue weighted by atomic mass is 19.1. The van der Waals surface area contributed by atoms with E-state index in [9.17, 15) is 9.18 Å². The van der Waals surface area contributed by atoms with Gasteiger partial charge in [-0.05, 0) is 25.7 Å². The Morgan fingerprint density at radius 1 is 1.53 bits per heavy atom. The van der Waals surface area contributed by atoms with E-state index >= 15 is 0 Å². The fourth-order valence-electron chi connectivity index (χ4n) is 2.41. The molecule has 0 aliphatic carbocycles. The number of methoxy groups -OCH3 is 1. The molecular formula is C13H18FN3O2. The summed E-state index contributed by atoms with van der Waals surface area (Å²) >= 11 is 0. The SMILES string of the molecule is CCc1ncnc(N2CCCCC2C(=O)OC)c1F. The second-order valence-electron chi connectivity index (χ2n) is 4.54. The first-order valence-electron chi connectivity index (χ1n) is 6.52. The summed E-state index contributed by atoms with van der Waals surface area (Å²) < 4.78 is 19.1. The highest BCUT2D eigenvalue weighted by Crippen LogP contribution is 2.26. The first-order chi connectivity index (χ1) is 9.19. The third kappa shape index (κ3) is 2.67. The minimum absolute atomic E-state index is 0.210. The lowest BCUT2D eigenvalue weighted by molar-refractivity contribution is -0.142. The Hall–Kier alpha value is -1.72. The molecule has 19 heavy (non-hydrogen) atoms. The molecule has 0 N–H and O–H groups in total. The molecule has 1 unspecified atom stereocenters. The van der Waals surface area contributed by atoms with E-state index in [1.165, 1.54) is 13.4 Å². The number of halogens is 1. The molecule has 1 fully saturated rings. The van der Waals surface area contributed by atoms with Crippen LogP contribution < -0.4 is 4.90 Å². The van der Waals surface area contributed by atoms with Crippen molar-refractivity contribution in [3.8, 4) is 0 Å². The van der Waals surface area contributed by atoms with Crippen LogP contribution in [0, 0.1) is 5.82 Å². The van der Waals surface area contributed by atoms with Gasteiger partial charge >= 0.3 is 5.97 Å². The predicted molar refractivity (Wildman–Crippen MR) is 68.4 cm³/mol. The molecule has 1 aliphatic heterocycles. The molecule has 104 valence electrons. The molecule has 0 spiro atoms. The maximum Gasteiger partial charge on any atom is 0.328 e. The van der Waals surface area contributed by atoms with Crippen molar-refractivity contribution < 1.29 is 13.9 Å². The average Bonchev–Trinajstić information content (AvgIpc) is 2.47. The molecule has 1 atom stereocenters. The second kappa shape index (κ2) is 5.95. The summed E-state index contributed by atoms with van der Waals surface area (Å²) in [4.78, 5) is 21.4. The quantitative estimate of drug-likeness (QED) is 0.780. The first-order valence-corrected chi connectivity index (χ1v) is 6.52. The van der Waals surface area contributed by atoms with Gasteiger partial charge in [0, 0.05) is 6.54 Å². The molecule has 5 nitrogen and oxygen atoms in total. The highest BCUT2D eigenvalue weighted by molar-refractivity contribution is 5.79. The smallest absolute Gasteiger partial charge is 0.328 e. The molecular weight excluding hydrogens is 249 g/mol. The summed E-state index contributed by atoms with van der Waals surface area (Å²) in [6, 6.07) is -0.451. The number of hydrogen-bond acceptors (Lipinski definition) is 5. The maximum atomic E-state index is 14.3. The van der Waals surface area contributed by atoms with Crippen molar-refractivity contribution >= 4 is 11.8 Å². The van der Waals surface area contributed by atoms with E-state index < -0.39 is 11.9 Å². The van der Waals surface area contributed by atoms with Gasteiger partial charge in [-0.1, -0.05) is 6.92 Å². The molecule has 1 aromatic rings. The van der Waals surface area contributed by atoms with Crippen LogP contribution in [0.2, 0.25) is 0 Å². The first kappa shape index (κ1) is 13.7. The van der Waals surface area contributed by atoms with Crippen LogP contribution in [0.3, 0.4) is 0 Å². The molecule has 1 aliphatic rings. The van der Waals surface area contributed by atoms with Crippen molar-refractivity contribution in [2.24, 2.45) is 0 Å². The zero-order chi connectivity index (χ0) is 13.8. The minimum atomic E-state index is -0.451. The van der Waals surface area contributed by atoms with Gasteiger partial charge in [0.1, 0.15) is 12.4 Å². The Bertz CT molecular complexity index is 467. The van der Waals surface area contributed by atoms with Gasteiger partial charge in [0.15, 0.2) is 11.6 Å². The van der Waals surface area contributed by atoms with Crippen LogP contribution in [0.1, 0.15) is 31.9 Å². The number of rotatable bonds is 3. The zero-order valence-electron chi connectivity index (χ0n) is 11.2. The molecule has 0 amide bonds. The summed E-state index contributed by atoms with van der Waals surface area (Å²) in [5.74, 6) is -0.557. The lowest BCUT2D eigenvalue weighted by Gasteiger charge is -2.34. The topological polar surface area (TPSA) is 55.3 Å².